The molecule has 0 aliphatic heterocycles. The van der Waals surface area contributed by atoms with Crippen molar-refractivity contribution in [2.45, 2.75) is 6.92 Å². The number of rotatable bonds is 4. The fourth-order valence-electron chi connectivity index (χ4n) is 0.487. The second-order valence-corrected chi connectivity index (χ2v) is 2.22. The summed E-state index contributed by atoms with van der Waals surface area (Å²) < 4.78 is 4.43. The summed E-state index contributed by atoms with van der Waals surface area (Å²) in [4.78, 5) is 32.3. The largest absolute Gasteiger partial charge is 0.456 e. The minimum absolute atomic E-state index is 0.0140. The highest BCUT2D eigenvalue weighted by molar-refractivity contribution is 5.81. The lowest BCUT2D eigenvalue weighted by atomic mass is 10.5. The molecular weight excluding hydrogens is 162 g/mol. The highest BCUT2D eigenvalue weighted by Crippen LogP contribution is 1.84. The molecule has 68 valence electrons. The van der Waals surface area contributed by atoms with Gasteiger partial charge in [-0.15, -0.1) is 0 Å². The van der Waals surface area contributed by atoms with Gasteiger partial charge in [0.1, 0.15) is 6.29 Å². The summed E-state index contributed by atoms with van der Waals surface area (Å²) in [6, 6.07) is 0. The lowest BCUT2D eigenvalue weighted by Crippen LogP contribution is -2.32. The Morgan fingerprint density at radius 3 is 2.50 bits per heavy atom. The van der Waals surface area contributed by atoms with Crippen molar-refractivity contribution in [3.63, 3.8) is 0 Å². The molecule has 5 heteroatoms. The maximum atomic E-state index is 10.9. The van der Waals surface area contributed by atoms with Crippen LogP contribution in [0.15, 0.2) is 0 Å². The van der Waals surface area contributed by atoms with Crippen LogP contribution < -0.4 is 0 Å². The summed E-state index contributed by atoms with van der Waals surface area (Å²) in [5, 5.41) is 0. The van der Waals surface area contributed by atoms with Gasteiger partial charge in [-0.2, -0.15) is 0 Å². The minimum atomic E-state index is -0.511. The number of amides is 1. The third kappa shape index (κ3) is 4.43. The number of esters is 1. The summed E-state index contributed by atoms with van der Waals surface area (Å²) in [5.74, 6) is -0.903. The van der Waals surface area contributed by atoms with E-state index in [1.807, 2.05) is 0 Å². The lowest BCUT2D eigenvalue weighted by Gasteiger charge is -2.12. The van der Waals surface area contributed by atoms with E-state index in [0.717, 1.165) is 0 Å². The molecule has 0 atom stereocenters. The molecule has 0 radical (unpaired) electrons. The van der Waals surface area contributed by atoms with Crippen LogP contribution in [0.4, 0.5) is 0 Å². The van der Waals surface area contributed by atoms with Crippen molar-refractivity contribution >= 4 is 18.2 Å². The van der Waals surface area contributed by atoms with Crippen molar-refractivity contribution in [3.05, 3.63) is 0 Å². The van der Waals surface area contributed by atoms with E-state index in [1.54, 1.807) is 0 Å². The number of nitrogens with zero attached hydrogens (tertiary/aromatic N) is 1. The Hall–Kier alpha value is -1.39. The van der Waals surface area contributed by atoms with Crippen molar-refractivity contribution in [2.75, 3.05) is 20.2 Å². The average molecular weight is 173 g/mol. The van der Waals surface area contributed by atoms with Crippen LogP contribution in [0.5, 0.6) is 0 Å². The summed E-state index contributed by atoms with van der Waals surface area (Å²) in [6.45, 7) is 0.923. The standard InChI is InChI=1S/C7H11NO4/c1-6(10)12-5-7(11)8(2)3-4-9/h4H,3,5H2,1-2H3. The molecule has 0 N–H and O–H groups in total. The van der Waals surface area contributed by atoms with Gasteiger partial charge in [-0.3, -0.25) is 9.59 Å². The van der Waals surface area contributed by atoms with Crippen LogP contribution in [0.1, 0.15) is 6.92 Å². The number of hydrogen-bond acceptors (Lipinski definition) is 4. The van der Waals surface area contributed by atoms with Gasteiger partial charge in [-0.1, -0.05) is 0 Å². The SMILES string of the molecule is CC(=O)OCC(=O)N(C)CC=O. The Morgan fingerprint density at radius 2 is 2.08 bits per heavy atom. The third-order valence-corrected chi connectivity index (χ3v) is 1.17. The smallest absolute Gasteiger partial charge is 0.303 e. The number of carbonyl (C=O) groups excluding carboxylic acids is 3. The first-order chi connectivity index (χ1) is 5.57. The van der Waals surface area contributed by atoms with E-state index in [-0.39, 0.29) is 13.2 Å². The molecule has 5 nitrogen and oxygen atoms in total. The van der Waals surface area contributed by atoms with E-state index in [1.165, 1.54) is 18.9 Å². The van der Waals surface area contributed by atoms with Gasteiger partial charge < -0.3 is 14.4 Å². The third-order valence-electron chi connectivity index (χ3n) is 1.17. The van der Waals surface area contributed by atoms with Gasteiger partial charge in [0.25, 0.3) is 5.91 Å². The second-order valence-electron chi connectivity index (χ2n) is 2.22. The molecule has 0 aliphatic rings. The molecule has 0 aromatic rings. The van der Waals surface area contributed by atoms with Crippen molar-refractivity contribution in [1.29, 1.82) is 0 Å². The Labute approximate surface area is 70.3 Å². The number of hydrogen-bond donors (Lipinski definition) is 0. The van der Waals surface area contributed by atoms with Crippen LogP contribution in [0, 0.1) is 0 Å². The molecule has 0 saturated heterocycles. The Morgan fingerprint density at radius 1 is 1.50 bits per heavy atom. The molecule has 0 aromatic carbocycles. The fraction of sp³-hybridized carbons (Fsp3) is 0.571. The van der Waals surface area contributed by atoms with Gasteiger partial charge in [0.05, 0.1) is 6.54 Å². The summed E-state index contributed by atoms with van der Waals surface area (Å²) in [7, 11) is 1.46. The monoisotopic (exact) mass is 173 g/mol. The first kappa shape index (κ1) is 10.6. The van der Waals surface area contributed by atoms with E-state index in [2.05, 4.69) is 4.74 Å². The van der Waals surface area contributed by atoms with Gasteiger partial charge in [-0.25, -0.2) is 0 Å². The molecule has 0 spiro atoms. The zero-order chi connectivity index (χ0) is 9.56. The minimum Gasteiger partial charge on any atom is -0.456 e. The van der Waals surface area contributed by atoms with Crippen LogP contribution in [-0.4, -0.2) is 43.3 Å². The molecule has 0 rings (SSSR count). The molecule has 0 saturated carbocycles. The van der Waals surface area contributed by atoms with Crippen molar-refractivity contribution in [2.24, 2.45) is 0 Å². The second kappa shape index (κ2) is 5.29. The molecular formula is C7H11NO4. The van der Waals surface area contributed by atoms with E-state index < -0.39 is 11.9 Å². The van der Waals surface area contributed by atoms with Gasteiger partial charge in [0.15, 0.2) is 6.61 Å². The number of likely N-dealkylation sites (N-methyl/N-ethyl adjacent to an activating group) is 1. The van der Waals surface area contributed by atoms with E-state index in [4.69, 9.17) is 0 Å². The molecule has 1 amide bonds. The molecule has 0 bridgehead atoms. The van der Waals surface area contributed by atoms with Crippen LogP contribution in [0.3, 0.4) is 0 Å². The van der Waals surface area contributed by atoms with Crippen molar-refractivity contribution < 1.29 is 19.1 Å². The van der Waals surface area contributed by atoms with Crippen molar-refractivity contribution in [1.82, 2.24) is 4.90 Å². The van der Waals surface area contributed by atoms with E-state index >= 15 is 0 Å². The predicted molar refractivity (Wildman–Crippen MR) is 40.3 cm³/mol. The van der Waals surface area contributed by atoms with Crippen LogP contribution in [0.2, 0.25) is 0 Å². The highest BCUT2D eigenvalue weighted by Gasteiger charge is 2.08. The number of ether oxygens (including phenoxy) is 1. The fourth-order valence-corrected chi connectivity index (χ4v) is 0.487. The van der Waals surface area contributed by atoms with E-state index in [9.17, 15) is 14.4 Å². The predicted octanol–water partition coefficient (Wildman–Crippen LogP) is -0.793. The topological polar surface area (TPSA) is 63.7 Å². The Balaban J connectivity index is 3.71. The van der Waals surface area contributed by atoms with Crippen LogP contribution >= 0.6 is 0 Å². The number of carbonyl (C=O) groups is 3. The molecule has 12 heavy (non-hydrogen) atoms. The Bertz CT molecular complexity index is 190. The average Bonchev–Trinajstić information content (AvgIpc) is 2.00. The van der Waals surface area contributed by atoms with Crippen LogP contribution in [-0.2, 0) is 19.1 Å². The number of aldehydes is 1. The molecule has 0 aromatic heterocycles. The highest BCUT2D eigenvalue weighted by atomic mass is 16.5. The maximum absolute atomic E-state index is 10.9. The normalized spacial score (nSPS) is 8.83. The molecule has 0 fully saturated rings. The van der Waals surface area contributed by atoms with Crippen LogP contribution in [0.25, 0.3) is 0 Å². The quantitative estimate of drug-likeness (QED) is 0.412. The molecule has 0 unspecified atom stereocenters. The van der Waals surface area contributed by atoms with Gasteiger partial charge >= 0.3 is 5.97 Å². The summed E-state index contributed by atoms with van der Waals surface area (Å²) in [5.41, 5.74) is 0. The molecule has 0 aliphatic carbocycles. The maximum Gasteiger partial charge on any atom is 0.303 e. The first-order valence-corrected chi connectivity index (χ1v) is 3.39. The Kier molecular flexibility index (Phi) is 4.67. The first-order valence-electron chi connectivity index (χ1n) is 3.39. The lowest BCUT2D eigenvalue weighted by molar-refractivity contribution is -0.149. The summed E-state index contributed by atoms with van der Waals surface area (Å²) >= 11 is 0. The molecule has 0 heterocycles. The van der Waals surface area contributed by atoms with Crippen molar-refractivity contribution in [3.8, 4) is 0 Å². The summed E-state index contributed by atoms with van der Waals surface area (Å²) in [6.07, 6.45) is 0.603. The zero-order valence-corrected chi connectivity index (χ0v) is 7.07. The van der Waals surface area contributed by atoms with Gasteiger partial charge in [-0.05, 0) is 0 Å². The van der Waals surface area contributed by atoms with Gasteiger partial charge in [0, 0.05) is 14.0 Å². The van der Waals surface area contributed by atoms with Gasteiger partial charge in [0.2, 0.25) is 0 Å². The van der Waals surface area contributed by atoms with E-state index in [0.29, 0.717) is 6.29 Å². The zero-order valence-electron chi connectivity index (χ0n) is 7.07.